The van der Waals surface area contributed by atoms with E-state index in [2.05, 4.69) is 31.0 Å². The number of rotatable bonds is 10. The number of likely N-dealkylation sites (N-methyl/N-ethyl adjacent to an activating group) is 1. The van der Waals surface area contributed by atoms with Crippen molar-refractivity contribution >= 4 is 0 Å². The van der Waals surface area contributed by atoms with Crippen LogP contribution in [0.1, 0.15) is 40.0 Å². The molecule has 0 radical (unpaired) electrons. The van der Waals surface area contributed by atoms with E-state index in [4.69, 9.17) is 4.74 Å². The quantitative estimate of drug-likeness (QED) is 0.635. The van der Waals surface area contributed by atoms with Gasteiger partial charge in [-0.05, 0) is 45.2 Å². The van der Waals surface area contributed by atoms with Crippen LogP contribution in [-0.2, 0) is 4.74 Å². The molecule has 1 rings (SSSR count). The summed E-state index contributed by atoms with van der Waals surface area (Å²) in [6.45, 7) is 11.0. The van der Waals surface area contributed by atoms with Gasteiger partial charge in [0.2, 0.25) is 0 Å². The first-order valence-electron chi connectivity index (χ1n) is 7.19. The number of methoxy groups -OCH3 is 1. The van der Waals surface area contributed by atoms with E-state index in [1.54, 1.807) is 7.11 Å². The van der Waals surface area contributed by atoms with Crippen molar-refractivity contribution in [3.8, 4) is 0 Å². The second-order valence-corrected chi connectivity index (χ2v) is 5.29. The van der Waals surface area contributed by atoms with E-state index >= 15 is 0 Å². The van der Waals surface area contributed by atoms with Gasteiger partial charge < -0.3 is 10.1 Å². The SMILES string of the molecule is CCCNC(CN(CC)C(C)COC)C1CC1. The van der Waals surface area contributed by atoms with E-state index < -0.39 is 0 Å². The molecule has 1 saturated carbocycles. The van der Waals surface area contributed by atoms with Crippen molar-refractivity contribution in [1.82, 2.24) is 10.2 Å². The fourth-order valence-electron chi connectivity index (χ4n) is 2.43. The molecule has 1 aliphatic carbocycles. The Kier molecular flexibility index (Phi) is 7.09. The van der Waals surface area contributed by atoms with Crippen LogP contribution in [0, 0.1) is 5.92 Å². The zero-order chi connectivity index (χ0) is 12.7. The van der Waals surface area contributed by atoms with Crippen LogP contribution in [0.15, 0.2) is 0 Å². The first-order valence-corrected chi connectivity index (χ1v) is 7.19. The summed E-state index contributed by atoms with van der Waals surface area (Å²) in [6.07, 6.45) is 4.05. The van der Waals surface area contributed by atoms with Crippen LogP contribution < -0.4 is 5.32 Å². The van der Waals surface area contributed by atoms with E-state index in [1.165, 1.54) is 25.8 Å². The molecular formula is C14H30N2O. The van der Waals surface area contributed by atoms with Crippen molar-refractivity contribution in [2.75, 3.05) is 33.4 Å². The normalized spacial score (nSPS) is 19.6. The molecular weight excluding hydrogens is 212 g/mol. The third kappa shape index (κ3) is 5.36. The Labute approximate surface area is 107 Å². The van der Waals surface area contributed by atoms with Crippen LogP contribution >= 0.6 is 0 Å². The Morgan fingerprint density at radius 2 is 2.06 bits per heavy atom. The molecule has 0 amide bonds. The third-order valence-electron chi connectivity index (χ3n) is 3.72. The van der Waals surface area contributed by atoms with Crippen LogP contribution in [0.2, 0.25) is 0 Å². The lowest BCUT2D eigenvalue weighted by molar-refractivity contribution is 0.0936. The average Bonchev–Trinajstić information content (AvgIpc) is 3.14. The summed E-state index contributed by atoms with van der Waals surface area (Å²) in [5.41, 5.74) is 0. The molecule has 2 atom stereocenters. The van der Waals surface area contributed by atoms with Gasteiger partial charge in [0, 0.05) is 25.7 Å². The zero-order valence-electron chi connectivity index (χ0n) is 12.0. The molecule has 0 aliphatic heterocycles. The van der Waals surface area contributed by atoms with Crippen LogP contribution in [-0.4, -0.2) is 50.3 Å². The van der Waals surface area contributed by atoms with Crippen molar-refractivity contribution in [3.05, 3.63) is 0 Å². The fraction of sp³-hybridized carbons (Fsp3) is 1.00. The lowest BCUT2D eigenvalue weighted by atomic mass is 10.1. The van der Waals surface area contributed by atoms with E-state index in [9.17, 15) is 0 Å². The Morgan fingerprint density at radius 1 is 1.35 bits per heavy atom. The third-order valence-corrected chi connectivity index (χ3v) is 3.72. The molecule has 1 fully saturated rings. The summed E-state index contributed by atoms with van der Waals surface area (Å²) >= 11 is 0. The Hall–Kier alpha value is -0.120. The molecule has 1 aliphatic rings. The molecule has 1 N–H and O–H groups in total. The van der Waals surface area contributed by atoms with Gasteiger partial charge in [-0.2, -0.15) is 0 Å². The molecule has 0 aromatic carbocycles. The smallest absolute Gasteiger partial charge is 0.0615 e. The van der Waals surface area contributed by atoms with E-state index in [0.29, 0.717) is 12.1 Å². The van der Waals surface area contributed by atoms with Gasteiger partial charge in [-0.3, -0.25) is 4.90 Å². The van der Waals surface area contributed by atoms with Crippen molar-refractivity contribution in [2.45, 2.75) is 52.1 Å². The number of hydrogen-bond acceptors (Lipinski definition) is 3. The minimum absolute atomic E-state index is 0.523. The van der Waals surface area contributed by atoms with Crippen LogP contribution in [0.5, 0.6) is 0 Å². The number of ether oxygens (including phenoxy) is 1. The first kappa shape index (κ1) is 14.9. The molecule has 17 heavy (non-hydrogen) atoms. The van der Waals surface area contributed by atoms with E-state index in [1.807, 2.05) is 0 Å². The lowest BCUT2D eigenvalue weighted by Crippen LogP contribution is -2.47. The van der Waals surface area contributed by atoms with Gasteiger partial charge in [-0.15, -0.1) is 0 Å². The largest absolute Gasteiger partial charge is 0.383 e. The monoisotopic (exact) mass is 242 g/mol. The summed E-state index contributed by atoms with van der Waals surface area (Å²) < 4.78 is 5.26. The maximum Gasteiger partial charge on any atom is 0.0615 e. The van der Waals surface area contributed by atoms with Gasteiger partial charge in [-0.1, -0.05) is 13.8 Å². The molecule has 3 heteroatoms. The fourth-order valence-corrected chi connectivity index (χ4v) is 2.43. The summed E-state index contributed by atoms with van der Waals surface area (Å²) in [5.74, 6) is 0.922. The number of nitrogens with zero attached hydrogens (tertiary/aromatic N) is 1. The molecule has 0 aromatic heterocycles. The average molecular weight is 242 g/mol. The topological polar surface area (TPSA) is 24.5 Å². The molecule has 0 spiro atoms. The van der Waals surface area contributed by atoms with Crippen molar-refractivity contribution in [1.29, 1.82) is 0 Å². The van der Waals surface area contributed by atoms with Gasteiger partial charge in [0.05, 0.1) is 6.61 Å². The van der Waals surface area contributed by atoms with Gasteiger partial charge in [0.15, 0.2) is 0 Å². The molecule has 3 nitrogen and oxygen atoms in total. The van der Waals surface area contributed by atoms with Gasteiger partial charge in [-0.25, -0.2) is 0 Å². The van der Waals surface area contributed by atoms with Crippen molar-refractivity contribution in [3.63, 3.8) is 0 Å². The van der Waals surface area contributed by atoms with Gasteiger partial charge in [0.1, 0.15) is 0 Å². The summed E-state index contributed by atoms with van der Waals surface area (Å²) in [4.78, 5) is 2.54. The second-order valence-electron chi connectivity index (χ2n) is 5.29. The highest BCUT2D eigenvalue weighted by molar-refractivity contribution is 4.89. The Morgan fingerprint density at radius 3 is 2.53 bits per heavy atom. The van der Waals surface area contributed by atoms with E-state index in [0.717, 1.165) is 25.6 Å². The standard InChI is InChI=1S/C14H30N2O/c1-5-9-15-14(13-7-8-13)10-16(6-2)12(3)11-17-4/h12-15H,5-11H2,1-4H3. The maximum absolute atomic E-state index is 5.26. The highest BCUT2D eigenvalue weighted by Crippen LogP contribution is 2.33. The Balaban J connectivity index is 2.38. The highest BCUT2D eigenvalue weighted by atomic mass is 16.5. The second kappa shape index (κ2) is 8.06. The van der Waals surface area contributed by atoms with E-state index in [-0.39, 0.29) is 0 Å². The van der Waals surface area contributed by atoms with Gasteiger partial charge in [0.25, 0.3) is 0 Å². The van der Waals surface area contributed by atoms with Crippen molar-refractivity contribution < 1.29 is 4.74 Å². The highest BCUT2D eigenvalue weighted by Gasteiger charge is 2.32. The van der Waals surface area contributed by atoms with Crippen LogP contribution in [0.25, 0.3) is 0 Å². The van der Waals surface area contributed by atoms with Gasteiger partial charge >= 0.3 is 0 Å². The van der Waals surface area contributed by atoms with Crippen LogP contribution in [0.4, 0.5) is 0 Å². The molecule has 0 saturated heterocycles. The first-order chi connectivity index (χ1) is 8.22. The lowest BCUT2D eigenvalue weighted by Gasteiger charge is -2.31. The number of hydrogen-bond donors (Lipinski definition) is 1. The van der Waals surface area contributed by atoms with Crippen molar-refractivity contribution in [2.24, 2.45) is 5.92 Å². The Bertz CT molecular complexity index is 195. The number of nitrogens with one attached hydrogen (secondary N) is 1. The molecule has 102 valence electrons. The molecule has 2 unspecified atom stereocenters. The summed E-state index contributed by atoms with van der Waals surface area (Å²) in [5, 5.41) is 3.71. The van der Waals surface area contributed by atoms with Crippen LogP contribution in [0.3, 0.4) is 0 Å². The minimum atomic E-state index is 0.523. The predicted molar refractivity (Wildman–Crippen MR) is 73.4 cm³/mol. The molecule has 0 bridgehead atoms. The summed E-state index contributed by atoms with van der Waals surface area (Å²) in [7, 11) is 1.79. The molecule has 0 heterocycles. The zero-order valence-corrected chi connectivity index (χ0v) is 12.0. The minimum Gasteiger partial charge on any atom is -0.383 e. The maximum atomic E-state index is 5.26. The summed E-state index contributed by atoms with van der Waals surface area (Å²) in [6, 6.07) is 1.21. The predicted octanol–water partition coefficient (Wildman–Crippen LogP) is 2.12. The molecule has 0 aromatic rings.